The van der Waals surface area contributed by atoms with Gasteiger partial charge in [-0.1, -0.05) is 0 Å². The summed E-state index contributed by atoms with van der Waals surface area (Å²) in [6.07, 6.45) is -2.30. The molecule has 0 unspecified atom stereocenters. The summed E-state index contributed by atoms with van der Waals surface area (Å²) in [5.74, 6) is -4.00. The molecule has 1 aliphatic carbocycles. The maximum atomic E-state index is 13.9. The Labute approximate surface area is 174 Å². The highest BCUT2D eigenvalue weighted by Gasteiger charge is 2.39. The first-order valence-corrected chi connectivity index (χ1v) is 8.90. The van der Waals surface area contributed by atoms with Gasteiger partial charge in [0.05, 0.1) is 0 Å². The van der Waals surface area contributed by atoms with Crippen LogP contribution >= 0.6 is 13.5 Å². The Morgan fingerprint density at radius 2 is 1.77 bits per heavy atom. The molecule has 0 aliphatic heterocycles. The van der Waals surface area contributed by atoms with Gasteiger partial charge in [0.15, 0.2) is 23.0 Å². The molecule has 1 aliphatic rings. The van der Waals surface area contributed by atoms with Crippen LogP contribution in [0.1, 0.15) is 42.8 Å². The topological polar surface area (TPSA) is 39.4 Å². The minimum absolute atomic E-state index is 0. The Bertz CT molecular complexity index is 1060. The molecular formula is C19H17F6N3OS. The summed E-state index contributed by atoms with van der Waals surface area (Å²) in [6, 6.07) is 1.95. The van der Waals surface area contributed by atoms with Crippen molar-refractivity contribution in [1.29, 1.82) is 0 Å². The fourth-order valence-corrected chi connectivity index (χ4v) is 3.25. The van der Waals surface area contributed by atoms with Gasteiger partial charge in [-0.25, -0.2) is 13.2 Å². The molecule has 162 valence electrons. The van der Waals surface area contributed by atoms with Crippen molar-refractivity contribution >= 4 is 19.1 Å². The molecule has 0 bridgehead atoms. The van der Waals surface area contributed by atoms with E-state index in [1.54, 1.807) is 0 Å². The van der Waals surface area contributed by atoms with Gasteiger partial charge in [-0.3, -0.25) is 4.40 Å². The van der Waals surface area contributed by atoms with Crippen molar-refractivity contribution < 1.29 is 31.1 Å². The molecule has 1 aromatic carbocycles. The first-order chi connectivity index (χ1) is 13.6. The molecule has 1 saturated carbocycles. The molecule has 0 N–H and O–H groups in total. The van der Waals surface area contributed by atoms with Gasteiger partial charge in [-0.15, -0.1) is 10.2 Å². The molecule has 11 heteroatoms. The van der Waals surface area contributed by atoms with Crippen LogP contribution in [0.3, 0.4) is 0 Å². The second-order valence-electron chi connectivity index (χ2n) is 7.06. The molecule has 0 amide bonds. The van der Waals surface area contributed by atoms with E-state index in [-0.39, 0.29) is 19.1 Å². The smallest absolute Gasteiger partial charge is 0.420 e. The summed E-state index contributed by atoms with van der Waals surface area (Å²) in [6.45, 7) is 1.21. The van der Waals surface area contributed by atoms with Crippen LogP contribution in [0.5, 0.6) is 5.75 Å². The molecular weight excluding hydrogens is 432 g/mol. The highest BCUT2D eigenvalue weighted by atomic mass is 32.1. The third kappa shape index (κ3) is 4.21. The van der Waals surface area contributed by atoms with Crippen LogP contribution in [-0.2, 0) is 12.6 Å². The van der Waals surface area contributed by atoms with E-state index in [2.05, 4.69) is 10.2 Å². The standard InChI is InChI=1S/C19H15F6N3O.H2S/c1-9(29-17-13(21)7-11(20)8-14(17)22)12-4-5-28-15(6-10-2-3-10)26-27-18(28)16(12)19(23,24)25;/h4-5,7-10H,2-3,6H2,1H3;1H2/t9-;/m0./s1. The van der Waals surface area contributed by atoms with Crippen LogP contribution in [0.2, 0.25) is 0 Å². The van der Waals surface area contributed by atoms with E-state index in [0.29, 0.717) is 30.3 Å². The Kier molecular flexibility index (Phi) is 5.94. The number of fused-ring (bicyclic) bond motifs is 1. The average molecular weight is 449 g/mol. The molecule has 0 radical (unpaired) electrons. The number of ether oxygens (including phenoxy) is 1. The Balaban J connectivity index is 0.00000256. The predicted octanol–water partition coefficient (Wildman–Crippen LogP) is 5.37. The summed E-state index contributed by atoms with van der Waals surface area (Å²) in [5, 5.41) is 7.58. The molecule has 1 fully saturated rings. The highest BCUT2D eigenvalue weighted by molar-refractivity contribution is 7.59. The number of hydrogen-bond donors (Lipinski definition) is 0. The summed E-state index contributed by atoms with van der Waals surface area (Å²) < 4.78 is 88.7. The summed E-state index contributed by atoms with van der Waals surface area (Å²) >= 11 is 0. The van der Waals surface area contributed by atoms with Crippen LogP contribution < -0.4 is 4.74 Å². The zero-order valence-corrected chi connectivity index (χ0v) is 16.6. The quantitative estimate of drug-likeness (QED) is 0.492. The highest BCUT2D eigenvalue weighted by Crippen LogP contribution is 2.40. The first kappa shape index (κ1) is 22.3. The van der Waals surface area contributed by atoms with Gasteiger partial charge in [0, 0.05) is 30.3 Å². The number of halogens is 6. The lowest BCUT2D eigenvalue weighted by molar-refractivity contribution is -0.138. The monoisotopic (exact) mass is 449 g/mol. The van der Waals surface area contributed by atoms with Crippen molar-refractivity contribution in [3.05, 3.63) is 58.8 Å². The average Bonchev–Trinajstić information content (AvgIpc) is 3.35. The van der Waals surface area contributed by atoms with E-state index in [0.717, 1.165) is 12.8 Å². The number of hydrogen-bond acceptors (Lipinski definition) is 3. The molecule has 0 saturated heterocycles. The molecule has 4 rings (SSSR count). The second kappa shape index (κ2) is 8.01. The van der Waals surface area contributed by atoms with E-state index in [1.807, 2.05) is 0 Å². The molecule has 1 atom stereocenters. The van der Waals surface area contributed by atoms with Gasteiger partial charge in [0.1, 0.15) is 23.3 Å². The predicted molar refractivity (Wildman–Crippen MR) is 100 cm³/mol. The van der Waals surface area contributed by atoms with Crippen LogP contribution in [0.4, 0.5) is 26.3 Å². The van der Waals surface area contributed by atoms with Crippen molar-refractivity contribution in [2.24, 2.45) is 5.92 Å². The van der Waals surface area contributed by atoms with Gasteiger partial charge in [0.2, 0.25) is 0 Å². The third-order valence-corrected chi connectivity index (χ3v) is 4.83. The lowest BCUT2D eigenvalue weighted by Crippen LogP contribution is -2.17. The fraction of sp³-hybridized carbons (Fsp3) is 0.368. The third-order valence-electron chi connectivity index (χ3n) is 4.83. The van der Waals surface area contributed by atoms with Crippen molar-refractivity contribution in [3.63, 3.8) is 0 Å². The number of rotatable bonds is 5. The molecule has 3 aromatic rings. The molecule has 2 aromatic heterocycles. The zero-order valence-electron chi connectivity index (χ0n) is 15.6. The van der Waals surface area contributed by atoms with E-state index in [1.165, 1.54) is 23.6 Å². The van der Waals surface area contributed by atoms with E-state index in [4.69, 9.17) is 4.74 Å². The van der Waals surface area contributed by atoms with Crippen LogP contribution in [-0.4, -0.2) is 14.6 Å². The maximum Gasteiger partial charge on any atom is 0.420 e. The number of aromatic nitrogens is 3. The van der Waals surface area contributed by atoms with Crippen molar-refractivity contribution in [1.82, 2.24) is 14.6 Å². The van der Waals surface area contributed by atoms with E-state index >= 15 is 0 Å². The summed E-state index contributed by atoms with van der Waals surface area (Å²) in [5.41, 5.74) is -1.86. The van der Waals surface area contributed by atoms with Crippen molar-refractivity contribution in [2.45, 2.75) is 38.5 Å². The maximum absolute atomic E-state index is 13.9. The van der Waals surface area contributed by atoms with Crippen molar-refractivity contribution in [2.75, 3.05) is 0 Å². The van der Waals surface area contributed by atoms with Gasteiger partial charge in [-0.05, 0) is 31.7 Å². The summed E-state index contributed by atoms with van der Waals surface area (Å²) in [4.78, 5) is 0. The fourth-order valence-electron chi connectivity index (χ4n) is 3.25. The van der Waals surface area contributed by atoms with Gasteiger partial charge in [-0.2, -0.15) is 26.7 Å². The largest absolute Gasteiger partial charge is 0.480 e. The first-order valence-electron chi connectivity index (χ1n) is 8.90. The molecule has 4 nitrogen and oxygen atoms in total. The molecule has 2 heterocycles. The van der Waals surface area contributed by atoms with Gasteiger partial charge in [0.25, 0.3) is 0 Å². The van der Waals surface area contributed by atoms with Crippen LogP contribution in [0.15, 0.2) is 24.4 Å². The Morgan fingerprint density at radius 3 is 2.33 bits per heavy atom. The van der Waals surface area contributed by atoms with Crippen molar-refractivity contribution in [3.8, 4) is 5.75 Å². The minimum atomic E-state index is -4.81. The van der Waals surface area contributed by atoms with E-state index in [9.17, 15) is 26.3 Å². The van der Waals surface area contributed by atoms with Crippen LogP contribution in [0, 0.1) is 23.4 Å². The molecule has 0 spiro atoms. The zero-order chi connectivity index (χ0) is 20.9. The lowest BCUT2D eigenvalue weighted by atomic mass is 10.0. The number of pyridine rings is 1. The SMILES string of the molecule is C[C@H](Oc1c(F)cc(F)cc1F)c1ccn2c(CC3CC3)nnc2c1C(F)(F)F.S. The summed E-state index contributed by atoms with van der Waals surface area (Å²) in [7, 11) is 0. The van der Waals surface area contributed by atoms with Crippen LogP contribution in [0.25, 0.3) is 5.65 Å². The second-order valence-corrected chi connectivity index (χ2v) is 7.06. The molecule has 30 heavy (non-hydrogen) atoms. The Morgan fingerprint density at radius 1 is 1.13 bits per heavy atom. The Hall–Kier alpha value is -2.43. The minimum Gasteiger partial charge on any atom is -0.480 e. The van der Waals surface area contributed by atoms with Gasteiger partial charge >= 0.3 is 6.18 Å². The lowest BCUT2D eigenvalue weighted by Gasteiger charge is -2.21. The van der Waals surface area contributed by atoms with E-state index < -0.39 is 46.7 Å². The number of benzene rings is 1. The number of alkyl halides is 3. The van der Waals surface area contributed by atoms with Gasteiger partial charge < -0.3 is 4.74 Å². The number of nitrogens with zero attached hydrogens (tertiary/aromatic N) is 3. The normalized spacial score (nSPS) is 15.2.